The molecular weight excluding hydrogens is 356 g/mol. The smallest absolute Gasteiger partial charge is 0.247 e. The Balaban J connectivity index is 2.19. The van der Waals surface area contributed by atoms with Crippen molar-refractivity contribution < 1.29 is 12.8 Å². The van der Waals surface area contributed by atoms with Gasteiger partial charge >= 0.3 is 0 Å². The molecule has 2 heterocycles. The fourth-order valence-electron chi connectivity index (χ4n) is 2.39. The standard InChI is InChI=1S/C14H23BrN2O3S/c1-11(2)16-10-12-9-13(14(15)20-12)21(18,19)17-7-5-3-4-6-8-17/h9,11,16H,3-8,10H2,1-2H3. The summed E-state index contributed by atoms with van der Waals surface area (Å²) in [6, 6.07) is 1.94. The summed E-state index contributed by atoms with van der Waals surface area (Å²) in [6.45, 7) is 5.78. The van der Waals surface area contributed by atoms with Gasteiger partial charge in [-0.05, 0) is 28.8 Å². The van der Waals surface area contributed by atoms with Gasteiger partial charge in [-0.15, -0.1) is 0 Å². The molecule has 1 fully saturated rings. The van der Waals surface area contributed by atoms with Crippen molar-refractivity contribution in [1.29, 1.82) is 0 Å². The number of rotatable bonds is 5. The molecule has 1 aromatic heterocycles. The molecule has 0 unspecified atom stereocenters. The molecule has 0 atom stereocenters. The van der Waals surface area contributed by atoms with Crippen LogP contribution in [-0.4, -0.2) is 31.9 Å². The largest absolute Gasteiger partial charge is 0.452 e. The fourth-order valence-corrected chi connectivity index (χ4v) is 4.86. The average Bonchev–Trinajstić information content (AvgIpc) is 2.64. The minimum Gasteiger partial charge on any atom is -0.452 e. The quantitative estimate of drug-likeness (QED) is 0.854. The van der Waals surface area contributed by atoms with Crippen molar-refractivity contribution in [1.82, 2.24) is 9.62 Å². The topological polar surface area (TPSA) is 62.6 Å². The average molecular weight is 379 g/mol. The highest BCUT2D eigenvalue weighted by atomic mass is 79.9. The van der Waals surface area contributed by atoms with Crippen LogP contribution >= 0.6 is 15.9 Å². The van der Waals surface area contributed by atoms with Gasteiger partial charge in [0, 0.05) is 25.2 Å². The van der Waals surface area contributed by atoms with Crippen LogP contribution < -0.4 is 5.32 Å². The van der Waals surface area contributed by atoms with Gasteiger partial charge in [-0.3, -0.25) is 0 Å². The zero-order valence-corrected chi connectivity index (χ0v) is 15.0. The van der Waals surface area contributed by atoms with Gasteiger partial charge in [0.2, 0.25) is 10.0 Å². The van der Waals surface area contributed by atoms with Crippen LogP contribution in [0.2, 0.25) is 0 Å². The van der Waals surface area contributed by atoms with Crippen molar-refractivity contribution >= 4 is 26.0 Å². The molecule has 120 valence electrons. The molecular formula is C14H23BrN2O3S. The second kappa shape index (κ2) is 7.26. The Morgan fingerprint density at radius 1 is 1.29 bits per heavy atom. The zero-order valence-electron chi connectivity index (χ0n) is 12.6. The van der Waals surface area contributed by atoms with Gasteiger partial charge < -0.3 is 9.73 Å². The van der Waals surface area contributed by atoms with Crippen molar-refractivity contribution in [2.24, 2.45) is 0 Å². The fraction of sp³-hybridized carbons (Fsp3) is 0.714. The SMILES string of the molecule is CC(C)NCc1cc(S(=O)(=O)N2CCCCCC2)c(Br)o1. The molecule has 1 N–H and O–H groups in total. The Labute approximate surface area is 135 Å². The minimum atomic E-state index is -3.47. The summed E-state index contributed by atoms with van der Waals surface area (Å²) in [7, 11) is -3.47. The van der Waals surface area contributed by atoms with Crippen LogP contribution in [0.4, 0.5) is 0 Å². The van der Waals surface area contributed by atoms with Gasteiger partial charge in [-0.1, -0.05) is 26.7 Å². The first-order chi connectivity index (χ1) is 9.91. The Morgan fingerprint density at radius 2 is 1.90 bits per heavy atom. The van der Waals surface area contributed by atoms with Crippen molar-refractivity contribution in [2.45, 2.75) is 57.0 Å². The number of furan rings is 1. The van der Waals surface area contributed by atoms with E-state index in [0.717, 1.165) is 25.7 Å². The van der Waals surface area contributed by atoms with Gasteiger partial charge in [0.05, 0.1) is 6.54 Å². The van der Waals surface area contributed by atoms with Crippen LogP contribution in [0.3, 0.4) is 0 Å². The van der Waals surface area contributed by atoms with E-state index in [2.05, 4.69) is 21.2 Å². The Hall–Kier alpha value is -0.370. The number of nitrogens with zero attached hydrogens (tertiary/aromatic N) is 1. The van der Waals surface area contributed by atoms with E-state index in [4.69, 9.17) is 4.42 Å². The highest BCUT2D eigenvalue weighted by Gasteiger charge is 2.29. The maximum absolute atomic E-state index is 12.7. The summed E-state index contributed by atoms with van der Waals surface area (Å²) in [5.41, 5.74) is 0. The molecule has 1 aliphatic heterocycles. The van der Waals surface area contributed by atoms with Crippen molar-refractivity contribution in [2.75, 3.05) is 13.1 Å². The number of hydrogen-bond acceptors (Lipinski definition) is 4. The molecule has 0 radical (unpaired) electrons. The van der Waals surface area contributed by atoms with E-state index in [0.29, 0.717) is 36.1 Å². The van der Waals surface area contributed by atoms with Gasteiger partial charge in [-0.25, -0.2) is 8.42 Å². The second-order valence-corrected chi connectivity index (χ2v) is 8.33. The summed E-state index contributed by atoms with van der Waals surface area (Å²) in [5.74, 6) is 0.629. The van der Waals surface area contributed by atoms with Crippen LogP contribution in [0.15, 0.2) is 20.0 Å². The van der Waals surface area contributed by atoms with Gasteiger partial charge in [0.1, 0.15) is 10.7 Å². The van der Waals surface area contributed by atoms with Crippen LogP contribution in [0.1, 0.15) is 45.3 Å². The van der Waals surface area contributed by atoms with E-state index in [1.54, 1.807) is 10.4 Å². The molecule has 21 heavy (non-hydrogen) atoms. The Bertz CT molecular complexity index is 561. The van der Waals surface area contributed by atoms with Crippen molar-refractivity contribution in [3.63, 3.8) is 0 Å². The first-order valence-corrected chi connectivity index (χ1v) is 9.66. The lowest BCUT2D eigenvalue weighted by atomic mass is 10.2. The molecule has 0 saturated carbocycles. The number of halogens is 1. The maximum Gasteiger partial charge on any atom is 0.247 e. The van der Waals surface area contributed by atoms with E-state index >= 15 is 0 Å². The third kappa shape index (κ3) is 4.31. The summed E-state index contributed by atoms with van der Waals surface area (Å²) in [4.78, 5) is 0.241. The molecule has 0 aromatic carbocycles. The maximum atomic E-state index is 12.7. The van der Waals surface area contributed by atoms with Gasteiger partial charge in [-0.2, -0.15) is 4.31 Å². The monoisotopic (exact) mass is 378 g/mol. The summed E-state index contributed by atoms with van der Waals surface area (Å²) in [6.07, 6.45) is 4.05. The molecule has 0 bridgehead atoms. The lowest BCUT2D eigenvalue weighted by Crippen LogP contribution is -2.31. The molecule has 1 aromatic rings. The predicted octanol–water partition coefficient (Wildman–Crippen LogP) is 3.10. The highest BCUT2D eigenvalue weighted by molar-refractivity contribution is 9.10. The van der Waals surface area contributed by atoms with E-state index in [1.165, 1.54) is 0 Å². The molecule has 7 heteroatoms. The van der Waals surface area contributed by atoms with Crippen LogP contribution in [0.25, 0.3) is 0 Å². The molecule has 5 nitrogen and oxygen atoms in total. The summed E-state index contributed by atoms with van der Waals surface area (Å²) in [5, 5.41) is 3.22. The lowest BCUT2D eigenvalue weighted by Gasteiger charge is -2.18. The van der Waals surface area contributed by atoms with Crippen LogP contribution in [0, 0.1) is 0 Å². The number of hydrogen-bond donors (Lipinski definition) is 1. The van der Waals surface area contributed by atoms with E-state index < -0.39 is 10.0 Å². The van der Waals surface area contributed by atoms with Gasteiger partial charge in [0.15, 0.2) is 4.67 Å². The minimum absolute atomic E-state index is 0.241. The molecule has 0 aliphatic carbocycles. The lowest BCUT2D eigenvalue weighted by molar-refractivity contribution is 0.419. The zero-order chi connectivity index (χ0) is 15.5. The number of sulfonamides is 1. The van der Waals surface area contributed by atoms with Crippen molar-refractivity contribution in [3.05, 3.63) is 16.5 Å². The molecule has 1 saturated heterocycles. The van der Waals surface area contributed by atoms with Crippen LogP contribution in [0.5, 0.6) is 0 Å². The predicted molar refractivity (Wildman–Crippen MR) is 85.6 cm³/mol. The first kappa shape index (κ1) is 17.0. The van der Waals surface area contributed by atoms with E-state index in [9.17, 15) is 8.42 Å². The van der Waals surface area contributed by atoms with E-state index in [-0.39, 0.29) is 4.90 Å². The molecule has 0 amide bonds. The molecule has 0 spiro atoms. The number of nitrogens with one attached hydrogen (secondary N) is 1. The summed E-state index contributed by atoms with van der Waals surface area (Å²) < 4.78 is 32.9. The first-order valence-electron chi connectivity index (χ1n) is 7.43. The van der Waals surface area contributed by atoms with Crippen LogP contribution in [-0.2, 0) is 16.6 Å². The molecule has 1 aliphatic rings. The molecule has 2 rings (SSSR count). The Morgan fingerprint density at radius 3 is 2.48 bits per heavy atom. The second-order valence-electron chi connectivity index (χ2n) is 5.70. The highest BCUT2D eigenvalue weighted by Crippen LogP contribution is 2.30. The normalized spacial score (nSPS) is 18.1. The third-order valence-corrected chi connectivity index (χ3v) is 6.33. The van der Waals surface area contributed by atoms with E-state index in [1.807, 2.05) is 13.8 Å². The third-order valence-electron chi connectivity index (χ3n) is 3.57. The Kier molecular flexibility index (Phi) is 5.88. The van der Waals surface area contributed by atoms with Crippen molar-refractivity contribution in [3.8, 4) is 0 Å². The van der Waals surface area contributed by atoms with Gasteiger partial charge in [0.25, 0.3) is 0 Å². The summed E-state index contributed by atoms with van der Waals surface area (Å²) >= 11 is 3.25.